The topological polar surface area (TPSA) is 86.3 Å². The molecule has 0 N–H and O–H groups in total. The van der Waals surface area contributed by atoms with E-state index >= 15 is 0 Å². The predicted molar refractivity (Wildman–Crippen MR) is 182 cm³/mol. The number of carbonyl (C=O) groups is 2. The number of ketones is 2. The molecule has 0 aliphatic rings. The minimum absolute atomic E-state index is 0.114. The summed E-state index contributed by atoms with van der Waals surface area (Å²) in [4.78, 5) is 25.8. The molecule has 0 fully saturated rings. The minimum Gasteiger partial charge on any atom is -0.618 e. The third kappa shape index (κ3) is 7.56. The second kappa shape index (κ2) is 15.4. The number of hydrogen-bond acceptors (Lipinski definition) is 4. The second-order valence-electron chi connectivity index (χ2n) is 10.1. The maximum absolute atomic E-state index is 12.9. The summed E-state index contributed by atoms with van der Waals surface area (Å²) in [6, 6.07) is 53.2. The Morgan fingerprint density at radius 2 is 0.543 bits per heavy atom. The van der Waals surface area contributed by atoms with Gasteiger partial charge in [-0.3, -0.25) is 9.59 Å². The van der Waals surface area contributed by atoms with E-state index in [-0.39, 0.29) is 23.0 Å². The molecule has 0 spiro atoms. The van der Waals surface area contributed by atoms with Crippen molar-refractivity contribution in [2.24, 2.45) is 0 Å². The van der Waals surface area contributed by atoms with Crippen LogP contribution in [0.1, 0.15) is 31.8 Å². The van der Waals surface area contributed by atoms with Gasteiger partial charge in [0.2, 0.25) is 11.4 Å². The van der Waals surface area contributed by atoms with Crippen LogP contribution in [-0.4, -0.2) is 32.5 Å². The van der Waals surface area contributed by atoms with Crippen molar-refractivity contribution in [2.75, 3.05) is 0 Å². The van der Waals surface area contributed by atoms with Crippen molar-refractivity contribution in [3.63, 3.8) is 0 Å². The summed E-state index contributed by atoms with van der Waals surface area (Å²) in [5.41, 5.74) is 3.25. The predicted octanol–water partition coefficient (Wildman–Crippen LogP) is 8.40. The number of Topliss-reactive ketones (excluding diaryl/α,β-unsaturated/α-hetero) is 2. The van der Waals surface area contributed by atoms with Crippen LogP contribution >= 0.6 is 0 Å². The zero-order valence-corrected chi connectivity index (χ0v) is 24.8. The summed E-state index contributed by atoms with van der Waals surface area (Å²) in [7, 11) is 0. The lowest BCUT2D eigenvalue weighted by Gasteiger charge is -2.10. The monoisotopic (exact) mass is 602 g/mol. The molecule has 6 heteroatoms. The smallest absolute Gasteiger partial charge is 0.272 e. The number of benzene rings is 6. The Morgan fingerprint density at radius 3 is 0.804 bits per heavy atom. The van der Waals surface area contributed by atoms with Crippen molar-refractivity contribution in [3.05, 3.63) is 215 Å². The summed E-state index contributed by atoms with van der Waals surface area (Å²) in [6.45, 7) is 0. The van der Waals surface area contributed by atoms with Gasteiger partial charge in [0.1, 0.15) is 0 Å². The Morgan fingerprint density at radius 1 is 0.326 bits per heavy atom. The van der Waals surface area contributed by atoms with Crippen LogP contribution in [0, 0.1) is 10.4 Å². The van der Waals surface area contributed by atoms with Gasteiger partial charge in [-0.25, -0.2) is 0 Å². The van der Waals surface area contributed by atoms with E-state index in [2.05, 4.69) is 0 Å². The SMILES string of the molecule is O=C(/C(c1ccccc1)=[N+](/[O-])c1ccccc1)c1ccccc1.O=C(/C(c1ccccc1)=[N+](/[O-])c1ccccc1)c1ccccc1. The lowest BCUT2D eigenvalue weighted by Crippen LogP contribution is -2.24. The molecule has 46 heavy (non-hydrogen) atoms. The minimum atomic E-state index is -0.296. The Balaban J connectivity index is 0.000000181. The first kappa shape index (κ1) is 31.0. The van der Waals surface area contributed by atoms with Crippen LogP contribution in [0.25, 0.3) is 0 Å². The van der Waals surface area contributed by atoms with E-state index in [0.717, 1.165) is 0 Å². The molecule has 0 saturated heterocycles. The average molecular weight is 603 g/mol. The average Bonchev–Trinajstić information content (AvgIpc) is 3.14. The van der Waals surface area contributed by atoms with E-state index in [1.807, 2.05) is 60.7 Å². The van der Waals surface area contributed by atoms with Crippen LogP contribution in [-0.2, 0) is 0 Å². The lowest BCUT2D eigenvalue weighted by molar-refractivity contribution is -0.358. The van der Waals surface area contributed by atoms with Crippen LogP contribution < -0.4 is 0 Å². The maximum Gasteiger partial charge on any atom is 0.272 e. The quantitative estimate of drug-likeness (QED) is 0.0576. The molecule has 6 aromatic rings. The van der Waals surface area contributed by atoms with Crippen molar-refractivity contribution < 1.29 is 19.1 Å². The molecular weight excluding hydrogens is 572 g/mol. The lowest BCUT2D eigenvalue weighted by atomic mass is 10.0. The van der Waals surface area contributed by atoms with Gasteiger partial charge in [0.15, 0.2) is 0 Å². The van der Waals surface area contributed by atoms with E-state index in [9.17, 15) is 20.0 Å². The molecule has 0 aliphatic heterocycles. The van der Waals surface area contributed by atoms with Gasteiger partial charge in [0.05, 0.1) is 11.1 Å². The second-order valence-corrected chi connectivity index (χ2v) is 10.1. The van der Waals surface area contributed by atoms with Crippen molar-refractivity contribution in [1.82, 2.24) is 0 Å². The highest BCUT2D eigenvalue weighted by Crippen LogP contribution is 2.17. The number of rotatable bonds is 8. The highest BCUT2D eigenvalue weighted by Gasteiger charge is 2.26. The first-order valence-electron chi connectivity index (χ1n) is 14.6. The molecule has 0 saturated carbocycles. The molecule has 0 bridgehead atoms. The highest BCUT2D eigenvalue weighted by atomic mass is 16.5. The molecule has 6 nitrogen and oxygen atoms in total. The fraction of sp³-hybridized carbons (Fsp3) is 0. The van der Waals surface area contributed by atoms with Gasteiger partial charge in [-0.15, -0.1) is 0 Å². The molecular formula is C40H30N2O4. The number of carbonyl (C=O) groups excluding carboxylic acids is 2. The number of hydrogen-bond donors (Lipinski definition) is 0. The van der Waals surface area contributed by atoms with Gasteiger partial charge in [0.25, 0.3) is 23.0 Å². The van der Waals surface area contributed by atoms with E-state index in [0.29, 0.717) is 43.1 Å². The molecule has 6 rings (SSSR count). The molecule has 0 radical (unpaired) electrons. The standard InChI is InChI=1S/2C20H15NO2/c2*22-20(17-12-6-2-7-13-17)19(16-10-4-1-5-11-16)21(23)18-14-8-3-9-15-18/h2*1-15H/b2*21-19+. The third-order valence-electron chi connectivity index (χ3n) is 6.98. The van der Waals surface area contributed by atoms with Gasteiger partial charge < -0.3 is 10.4 Å². The molecule has 0 heterocycles. The summed E-state index contributed by atoms with van der Waals surface area (Å²) in [5, 5.41) is 25.6. The fourth-order valence-electron chi connectivity index (χ4n) is 4.71. The zero-order valence-electron chi connectivity index (χ0n) is 24.8. The van der Waals surface area contributed by atoms with Gasteiger partial charge in [0, 0.05) is 35.4 Å². The molecule has 0 aliphatic carbocycles. The van der Waals surface area contributed by atoms with Crippen LogP contribution in [0.2, 0.25) is 0 Å². The molecule has 224 valence electrons. The highest BCUT2D eigenvalue weighted by molar-refractivity contribution is 6.50. The number of para-hydroxylation sites is 2. The zero-order chi connectivity index (χ0) is 32.1. The summed E-state index contributed by atoms with van der Waals surface area (Å²) in [6.07, 6.45) is 0. The Kier molecular flexibility index (Phi) is 10.4. The van der Waals surface area contributed by atoms with Gasteiger partial charge in [-0.1, -0.05) is 133 Å². The number of nitrogens with zero attached hydrogens (tertiary/aromatic N) is 2. The van der Waals surface area contributed by atoms with Crippen LogP contribution in [0.3, 0.4) is 0 Å². The molecule has 0 atom stereocenters. The fourth-order valence-corrected chi connectivity index (χ4v) is 4.71. The van der Waals surface area contributed by atoms with Gasteiger partial charge >= 0.3 is 0 Å². The summed E-state index contributed by atoms with van der Waals surface area (Å²) >= 11 is 0. The van der Waals surface area contributed by atoms with Crippen LogP contribution in [0.15, 0.2) is 182 Å². The molecule has 0 aromatic heterocycles. The van der Waals surface area contributed by atoms with E-state index in [1.165, 1.54) is 0 Å². The van der Waals surface area contributed by atoms with E-state index in [1.54, 1.807) is 121 Å². The normalized spacial score (nSPS) is 11.7. The molecule has 0 amide bonds. The first-order chi connectivity index (χ1) is 22.5. The Bertz CT molecular complexity index is 1800. The van der Waals surface area contributed by atoms with Crippen LogP contribution in [0.5, 0.6) is 0 Å². The van der Waals surface area contributed by atoms with Gasteiger partial charge in [-0.05, 0) is 24.3 Å². The third-order valence-corrected chi connectivity index (χ3v) is 6.98. The molecule has 0 unspecified atom stereocenters. The Hall–Kier alpha value is -6.40. The van der Waals surface area contributed by atoms with Gasteiger partial charge in [-0.2, -0.15) is 9.48 Å². The maximum atomic E-state index is 12.9. The van der Waals surface area contributed by atoms with Crippen LogP contribution in [0.4, 0.5) is 11.4 Å². The van der Waals surface area contributed by atoms with E-state index in [4.69, 9.17) is 0 Å². The summed E-state index contributed by atoms with van der Waals surface area (Å²) in [5.74, 6) is -0.591. The molecule has 6 aromatic carbocycles. The summed E-state index contributed by atoms with van der Waals surface area (Å²) < 4.78 is 1.40. The first-order valence-corrected chi connectivity index (χ1v) is 14.6. The van der Waals surface area contributed by atoms with Crippen molar-refractivity contribution in [2.45, 2.75) is 0 Å². The Labute approximate surface area is 267 Å². The van der Waals surface area contributed by atoms with Crippen molar-refractivity contribution in [3.8, 4) is 0 Å². The van der Waals surface area contributed by atoms with E-state index < -0.39 is 0 Å². The largest absolute Gasteiger partial charge is 0.618 e. The van der Waals surface area contributed by atoms with Crippen molar-refractivity contribution in [1.29, 1.82) is 0 Å². The van der Waals surface area contributed by atoms with Crippen molar-refractivity contribution >= 4 is 34.4 Å².